The molecule has 0 heterocycles. The van der Waals surface area contributed by atoms with E-state index in [2.05, 4.69) is 161 Å². The quantitative estimate of drug-likeness (QED) is 0.0169. The van der Waals surface area contributed by atoms with Gasteiger partial charge in [0.15, 0.2) is 12.2 Å². The second kappa shape index (κ2) is 74.5. The molecule has 0 radical (unpaired) electrons. The lowest BCUT2D eigenvalue weighted by Crippen LogP contribution is -2.30. The molecule has 19 heteroatoms. The Balaban J connectivity index is 5.42. The third kappa shape index (κ3) is 73.5. The summed E-state index contributed by atoms with van der Waals surface area (Å²) in [6.07, 6.45) is 82.9. The van der Waals surface area contributed by atoms with Crippen molar-refractivity contribution in [3.05, 3.63) is 134 Å². The van der Waals surface area contributed by atoms with Gasteiger partial charge in [-0.25, -0.2) is 9.13 Å². The van der Waals surface area contributed by atoms with Crippen molar-refractivity contribution in [1.82, 2.24) is 0 Å². The molecule has 0 aromatic carbocycles. The first-order valence-electron chi connectivity index (χ1n) is 39.4. The Kier molecular flexibility index (Phi) is 71.0. The summed E-state index contributed by atoms with van der Waals surface area (Å²) in [6, 6.07) is 0. The second-order valence-electron chi connectivity index (χ2n) is 25.9. The van der Waals surface area contributed by atoms with Crippen molar-refractivity contribution in [2.45, 2.75) is 329 Å². The Bertz CT molecular complexity index is 2460. The zero-order valence-electron chi connectivity index (χ0n) is 63.7. The molecule has 0 rings (SSSR count). The van der Waals surface area contributed by atoms with Crippen molar-refractivity contribution in [3.63, 3.8) is 0 Å². The number of phosphoric ester groups is 2. The van der Waals surface area contributed by atoms with Crippen LogP contribution in [-0.2, 0) is 65.4 Å². The Hall–Kier alpha value is -4.80. The van der Waals surface area contributed by atoms with E-state index in [4.69, 9.17) is 37.0 Å². The van der Waals surface area contributed by atoms with Gasteiger partial charge in [-0.1, -0.05) is 264 Å². The number of unbranched alkanes of at least 4 members (excludes halogenated alkanes) is 25. The SMILES string of the molecule is CC/C=C\C/C=C\C/C=C\C/C=C\CCCCCCC(=O)OCC(COP(=O)(O)OCC(O)COP(=O)(O)OCC(COC(=O)CCCCCCC/C=C\CCCCCCCC)OC(=O)CCCCCCC/C=C\C/C=C\CCC)OC(=O)CCCCCC/C=C\C/C=C\C/C=C\C/C=C\CC. The van der Waals surface area contributed by atoms with Gasteiger partial charge in [0.25, 0.3) is 0 Å². The van der Waals surface area contributed by atoms with Crippen LogP contribution in [-0.4, -0.2) is 96.7 Å². The molecule has 0 aliphatic carbocycles. The molecule has 0 saturated carbocycles. The Labute approximate surface area is 618 Å². The largest absolute Gasteiger partial charge is 0.472 e. The molecule has 0 saturated heterocycles. The normalized spacial score (nSPS) is 14.6. The van der Waals surface area contributed by atoms with E-state index in [1.54, 1.807) is 0 Å². The molecule has 3 N–H and O–H groups in total. The summed E-state index contributed by atoms with van der Waals surface area (Å²) in [4.78, 5) is 73.0. The van der Waals surface area contributed by atoms with Crippen molar-refractivity contribution < 1.29 is 80.2 Å². The average Bonchev–Trinajstić information content (AvgIpc) is 0.959. The first kappa shape index (κ1) is 97.2. The van der Waals surface area contributed by atoms with E-state index in [0.717, 1.165) is 193 Å². The molecule has 0 fully saturated rings. The van der Waals surface area contributed by atoms with Gasteiger partial charge in [0.1, 0.15) is 19.3 Å². The summed E-state index contributed by atoms with van der Waals surface area (Å²) < 4.78 is 68.5. The number of aliphatic hydroxyl groups is 1. The number of hydrogen-bond acceptors (Lipinski definition) is 15. The topological polar surface area (TPSA) is 237 Å². The molecule has 0 aliphatic rings. The Morgan fingerprint density at radius 2 is 0.529 bits per heavy atom. The zero-order valence-corrected chi connectivity index (χ0v) is 65.5. The van der Waals surface area contributed by atoms with Crippen molar-refractivity contribution in [2.75, 3.05) is 39.6 Å². The number of allylic oxidation sites excluding steroid dienone is 22. The molecule has 0 spiro atoms. The highest BCUT2D eigenvalue weighted by atomic mass is 31.2. The Morgan fingerprint density at radius 3 is 0.833 bits per heavy atom. The van der Waals surface area contributed by atoms with Crippen molar-refractivity contribution in [1.29, 1.82) is 0 Å². The number of hydrogen-bond donors (Lipinski definition) is 3. The van der Waals surface area contributed by atoms with Gasteiger partial charge >= 0.3 is 39.5 Å². The van der Waals surface area contributed by atoms with Gasteiger partial charge in [0.05, 0.1) is 26.4 Å². The standard InChI is InChI=1S/C83H140O17P2/c1-5-9-13-17-21-25-29-33-36-38-41-45-48-52-56-60-64-68-81(86)94-74-79(100-83(88)70-66-62-58-54-50-46-42-39-37-34-30-26-22-18-14-10-6-2)76-98-102(91,92)96-72-77(84)71-95-101(89,90)97-75-78(99-82(87)69-65-61-57-53-49-43-32-28-24-20-16-12-8-4)73-93-80(85)67-63-59-55-51-47-44-40-35-31-27-23-19-15-11-7-3/h9-10,13-14,16,20-22,25-26,28,32-37,40-42,45-46,77-79,84H,5-8,11-12,15,17-19,23-24,27,29-31,38-39,43-44,47-76H2,1-4H3,(H,89,90)(H,91,92)/b13-9-,14-10-,20-16-,25-21-,26-22-,32-28-,36-33-,37-34-,40-35-,45-41-,46-42-. The lowest BCUT2D eigenvalue weighted by atomic mass is 10.1. The van der Waals surface area contributed by atoms with E-state index >= 15 is 0 Å². The highest BCUT2D eigenvalue weighted by Gasteiger charge is 2.30. The summed E-state index contributed by atoms with van der Waals surface area (Å²) >= 11 is 0. The highest BCUT2D eigenvalue weighted by molar-refractivity contribution is 7.47. The number of aliphatic hydroxyl groups excluding tert-OH is 1. The first-order chi connectivity index (χ1) is 49.7. The maximum Gasteiger partial charge on any atom is 0.472 e. The van der Waals surface area contributed by atoms with Crippen LogP contribution in [0.4, 0.5) is 0 Å². The van der Waals surface area contributed by atoms with Gasteiger partial charge in [-0.15, -0.1) is 0 Å². The van der Waals surface area contributed by atoms with Crippen LogP contribution < -0.4 is 0 Å². The highest BCUT2D eigenvalue weighted by Crippen LogP contribution is 2.45. The van der Waals surface area contributed by atoms with Crippen LogP contribution in [0.5, 0.6) is 0 Å². The van der Waals surface area contributed by atoms with Crippen LogP contribution in [0, 0.1) is 0 Å². The van der Waals surface area contributed by atoms with E-state index in [1.807, 2.05) is 0 Å². The molecular weight excluding hydrogens is 1330 g/mol. The predicted octanol–water partition coefficient (Wildman–Crippen LogP) is 22.9. The molecule has 102 heavy (non-hydrogen) atoms. The summed E-state index contributed by atoms with van der Waals surface area (Å²) in [6.45, 7) is 4.50. The fraction of sp³-hybridized carbons (Fsp3) is 0.687. The lowest BCUT2D eigenvalue weighted by Gasteiger charge is -2.21. The minimum absolute atomic E-state index is 0.0573. The predicted molar refractivity (Wildman–Crippen MR) is 418 cm³/mol. The molecule has 584 valence electrons. The van der Waals surface area contributed by atoms with E-state index in [9.17, 15) is 43.2 Å². The van der Waals surface area contributed by atoms with Gasteiger partial charge in [0.2, 0.25) is 0 Å². The number of esters is 4. The monoisotopic (exact) mass is 1470 g/mol. The fourth-order valence-electron chi connectivity index (χ4n) is 10.1. The van der Waals surface area contributed by atoms with E-state index in [-0.39, 0.29) is 25.7 Å². The molecule has 0 aromatic rings. The maximum atomic E-state index is 13.1. The molecule has 17 nitrogen and oxygen atoms in total. The molecule has 0 aliphatic heterocycles. The number of phosphoric acid groups is 2. The van der Waals surface area contributed by atoms with Gasteiger partial charge in [-0.3, -0.25) is 37.3 Å². The number of rotatable bonds is 73. The molecule has 5 atom stereocenters. The van der Waals surface area contributed by atoms with E-state index in [0.29, 0.717) is 25.7 Å². The van der Waals surface area contributed by atoms with Crippen molar-refractivity contribution >= 4 is 39.5 Å². The molecule has 0 amide bonds. The van der Waals surface area contributed by atoms with Crippen LogP contribution in [0.3, 0.4) is 0 Å². The van der Waals surface area contributed by atoms with Gasteiger partial charge in [-0.05, 0) is 154 Å². The van der Waals surface area contributed by atoms with Crippen LogP contribution in [0.15, 0.2) is 134 Å². The van der Waals surface area contributed by atoms with E-state index in [1.165, 1.54) is 38.5 Å². The lowest BCUT2D eigenvalue weighted by molar-refractivity contribution is -0.161. The van der Waals surface area contributed by atoms with Crippen molar-refractivity contribution in [2.24, 2.45) is 0 Å². The van der Waals surface area contributed by atoms with Crippen LogP contribution in [0.25, 0.3) is 0 Å². The maximum absolute atomic E-state index is 13.1. The molecule has 0 aromatic heterocycles. The van der Waals surface area contributed by atoms with Crippen molar-refractivity contribution in [3.8, 4) is 0 Å². The average molecular weight is 1470 g/mol. The van der Waals surface area contributed by atoms with Gasteiger partial charge in [-0.2, -0.15) is 0 Å². The molecular formula is C83H140O17P2. The van der Waals surface area contributed by atoms with Crippen LogP contribution in [0.2, 0.25) is 0 Å². The smallest absolute Gasteiger partial charge is 0.462 e. The Morgan fingerprint density at radius 1 is 0.284 bits per heavy atom. The summed E-state index contributed by atoms with van der Waals surface area (Å²) in [7, 11) is -9.98. The van der Waals surface area contributed by atoms with Crippen LogP contribution >= 0.6 is 15.6 Å². The van der Waals surface area contributed by atoms with E-state index < -0.39 is 97.5 Å². The summed E-state index contributed by atoms with van der Waals surface area (Å²) in [5, 5.41) is 10.6. The minimum atomic E-state index is -4.99. The van der Waals surface area contributed by atoms with Gasteiger partial charge < -0.3 is 33.8 Å². The third-order valence-corrected chi connectivity index (χ3v) is 18.0. The fourth-order valence-corrected chi connectivity index (χ4v) is 11.7. The van der Waals surface area contributed by atoms with Gasteiger partial charge in [0, 0.05) is 25.7 Å². The molecule has 5 unspecified atom stereocenters. The third-order valence-electron chi connectivity index (χ3n) is 16.1. The van der Waals surface area contributed by atoms with Crippen LogP contribution in [0.1, 0.15) is 310 Å². The number of carbonyl (C=O) groups excluding carboxylic acids is 4. The zero-order chi connectivity index (χ0) is 74.6. The summed E-state index contributed by atoms with van der Waals surface area (Å²) in [5.41, 5.74) is 0. The number of ether oxygens (including phenoxy) is 4. The summed E-state index contributed by atoms with van der Waals surface area (Å²) in [5.74, 6) is -2.25. The number of carbonyl (C=O) groups is 4. The minimum Gasteiger partial charge on any atom is -0.462 e. The first-order valence-corrected chi connectivity index (χ1v) is 42.4. The second-order valence-corrected chi connectivity index (χ2v) is 28.8. The molecule has 0 bridgehead atoms.